The van der Waals surface area contributed by atoms with Crippen LogP contribution in [0.1, 0.15) is 0 Å². The monoisotopic (exact) mass is 217 g/mol. The average Bonchev–Trinajstić information content (AvgIpc) is 2.14. The van der Waals surface area contributed by atoms with Crippen LogP contribution < -0.4 is 4.74 Å². The van der Waals surface area contributed by atoms with Crippen molar-refractivity contribution in [2.75, 3.05) is 13.2 Å². The first-order valence-corrected chi connectivity index (χ1v) is 4.21. The van der Waals surface area contributed by atoms with Crippen molar-refractivity contribution in [3.63, 3.8) is 0 Å². The van der Waals surface area contributed by atoms with Gasteiger partial charge in [0.1, 0.15) is 11.6 Å². The Kier molecular flexibility index (Phi) is 3.67. The number of benzene rings is 1. The normalized spacial score (nSPS) is 9.86. The lowest BCUT2D eigenvalue weighted by molar-refractivity contribution is -0.385. The van der Waals surface area contributed by atoms with Gasteiger partial charge in [-0.05, 0) is 12.1 Å². The van der Waals surface area contributed by atoms with Gasteiger partial charge in [0.05, 0.1) is 11.5 Å². The largest absolute Gasteiger partial charge is 0.484 e. The molecule has 0 heterocycles. The van der Waals surface area contributed by atoms with E-state index >= 15 is 0 Å². The van der Waals surface area contributed by atoms with Crippen molar-refractivity contribution in [1.82, 2.24) is 0 Å². The number of hydrogen-bond donors (Lipinski definition) is 1. The molecule has 1 N–H and O–H groups in total. The van der Waals surface area contributed by atoms with E-state index in [0.29, 0.717) is 0 Å². The molecule has 0 aliphatic heterocycles. The number of nitro benzene ring substituents is 1. The van der Waals surface area contributed by atoms with Gasteiger partial charge in [0, 0.05) is 0 Å². The fraction of sp³-hybridized carbons (Fsp3) is 0.250. The van der Waals surface area contributed by atoms with Gasteiger partial charge in [0.2, 0.25) is 0 Å². The Balaban J connectivity index is 3.02. The zero-order valence-electron chi connectivity index (χ0n) is 7.14. The molecule has 0 spiro atoms. The third-order valence-corrected chi connectivity index (χ3v) is 1.79. The maximum atomic E-state index is 10.6. The second-order valence-corrected chi connectivity index (χ2v) is 2.82. The standard InChI is InChI=1S/C8H8ClNO4/c9-6-2-1-3-7(14-5-4-11)8(6)10(12)13/h1-3,11H,4-5H2. The van der Waals surface area contributed by atoms with Gasteiger partial charge >= 0.3 is 5.69 Å². The second-order valence-electron chi connectivity index (χ2n) is 2.42. The molecule has 6 heteroatoms. The summed E-state index contributed by atoms with van der Waals surface area (Å²) in [5, 5.41) is 19.1. The molecule has 0 saturated heterocycles. The van der Waals surface area contributed by atoms with Crippen LogP contribution in [0.4, 0.5) is 5.69 Å². The average molecular weight is 218 g/mol. The van der Waals surface area contributed by atoms with Gasteiger partial charge in [0.15, 0.2) is 5.75 Å². The highest BCUT2D eigenvalue weighted by molar-refractivity contribution is 6.32. The SMILES string of the molecule is O=[N+]([O-])c1c(Cl)cccc1OCCO. The number of hydrogen-bond acceptors (Lipinski definition) is 4. The summed E-state index contributed by atoms with van der Waals surface area (Å²) in [7, 11) is 0. The maximum Gasteiger partial charge on any atom is 0.329 e. The number of nitro groups is 1. The summed E-state index contributed by atoms with van der Waals surface area (Å²) in [6, 6.07) is 4.38. The predicted octanol–water partition coefficient (Wildman–Crippen LogP) is 1.62. The molecule has 0 atom stereocenters. The molecule has 0 bridgehead atoms. The quantitative estimate of drug-likeness (QED) is 0.614. The van der Waals surface area contributed by atoms with Crippen LogP contribution in [0.25, 0.3) is 0 Å². The van der Waals surface area contributed by atoms with E-state index in [9.17, 15) is 10.1 Å². The van der Waals surface area contributed by atoms with Crippen LogP contribution in [0, 0.1) is 10.1 Å². The van der Waals surface area contributed by atoms with E-state index in [1.54, 1.807) is 6.07 Å². The summed E-state index contributed by atoms with van der Waals surface area (Å²) in [6.45, 7) is -0.204. The molecule has 0 aliphatic rings. The molecule has 0 aromatic heterocycles. The molecule has 1 aromatic carbocycles. The van der Waals surface area contributed by atoms with Crippen molar-refractivity contribution >= 4 is 17.3 Å². The highest BCUT2D eigenvalue weighted by Crippen LogP contribution is 2.33. The Labute approximate surface area is 85.0 Å². The van der Waals surface area contributed by atoms with Gasteiger partial charge in [0.25, 0.3) is 0 Å². The molecule has 0 saturated carbocycles. The molecule has 1 rings (SSSR count). The first-order chi connectivity index (χ1) is 6.66. The highest BCUT2D eigenvalue weighted by atomic mass is 35.5. The van der Waals surface area contributed by atoms with Gasteiger partial charge in [-0.15, -0.1) is 0 Å². The van der Waals surface area contributed by atoms with Gasteiger partial charge in [-0.3, -0.25) is 10.1 Å². The summed E-state index contributed by atoms with van der Waals surface area (Å²) in [4.78, 5) is 9.97. The molecule has 5 nitrogen and oxygen atoms in total. The Morgan fingerprint density at radius 3 is 2.86 bits per heavy atom. The first-order valence-electron chi connectivity index (χ1n) is 3.83. The lowest BCUT2D eigenvalue weighted by atomic mass is 10.3. The van der Waals surface area contributed by atoms with E-state index in [1.165, 1.54) is 12.1 Å². The van der Waals surface area contributed by atoms with Crippen molar-refractivity contribution in [2.45, 2.75) is 0 Å². The maximum absolute atomic E-state index is 10.6. The van der Waals surface area contributed by atoms with Gasteiger partial charge in [-0.25, -0.2) is 0 Å². The molecule has 76 valence electrons. The van der Waals surface area contributed by atoms with E-state index in [1.807, 2.05) is 0 Å². The van der Waals surface area contributed by atoms with Crippen LogP contribution in [0.5, 0.6) is 5.75 Å². The van der Waals surface area contributed by atoms with E-state index in [2.05, 4.69) is 0 Å². The minimum absolute atomic E-state index is 0.00117. The first kappa shape index (κ1) is 10.7. The van der Waals surface area contributed by atoms with Crippen LogP contribution in [0.2, 0.25) is 5.02 Å². The summed E-state index contributed by atoms with van der Waals surface area (Å²) >= 11 is 5.62. The molecule has 0 amide bonds. The van der Waals surface area contributed by atoms with Crippen LogP contribution in [-0.4, -0.2) is 23.2 Å². The van der Waals surface area contributed by atoms with Crippen LogP contribution >= 0.6 is 11.6 Å². The van der Waals surface area contributed by atoms with E-state index in [4.69, 9.17) is 21.4 Å². The minimum Gasteiger partial charge on any atom is -0.484 e. The fourth-order valence-electron chi connectivity index (χ4n) is 0.945. The number of nitrogens with zero attached hydrogens (tertiary/aromatic N) is 1. The van der Waals surface area contributed by atoms with Crippen LogP contribution in [0.15, 0.2) is 18.2 Å². The van der Waals surface area contributed by atoms with Crippen LogP contribution in [-0.2, 0) is 0 Å². The Bertz CT molecular complexity index is 342. The zero-order chi connectivity index (χ0) is 10.6. The molecule has 0 radical (unpaired) electrons. The Hall–Kier alpha value is -1.33. The Morgan fingerprint density at radius 2 is 2.29 bits per heavy atom. The third kappa shape index (κ3) is 2.34. The summed E-state index contributed by atoms with van der Waals surface area (Å²) in [5.41, 5.74) is -0.275. The number of aliphatic hydroxyl groups excluding tert-OH is 1. The molecule has 0 fully saturated rings. The van der Waals surface area contributed by atoms with Crippen LogP contribution in [0.3, 0.4) is 0 Å². The van der Waals surface area contributed by atoms with Crippen molar-refractivity contribution in [3.8, 4) is 5.75 Å². The number of para-hydroxylation sites is 1. The second kappa shape index (κ2) is 4.78. The summed E-state index contributed by atoms with van der Waals surface area (Å²) in [6.07, 6.45) is 0. The van der Waals surface area contributed by atoms with Crippen molar-refractivity contribution in [2.24, 2.45) is 0 Å². The fourth-order valence-corrected chi connectivity index (χ4v) is 1.18. The van der Waals surface area contributed by atoms with Gasteiger partial charge in [-0.2, -0.15) is 0 Å². The summed E-state index contributed by atoms with van der Waals surface area (Å²) < 4.78 is 4.95. The number of ether oxygens (including phenoxy) is 1. The minimum atomic E-state index is -0.616. The number of halogens is 1. The van der Waals surface area contributed by atoms with Crippen molar-refractivity contribution < 1.29 is 14.8 Å². The molecular formula is C8H8ClNO4. The van der Waals surface area contributed by atoms with E-state index in [-0.39, 0.29) is 29.7 Å². The molecule has 0 unspecified atom stereocenters. The van der Waals surface area contributed by atoms with Gasteiger partial charge < -0.3 is 9.84 Å². The third-order valence-electron chi connectivity index (χ3n) is 1.48. The highest BCUT2D eigenvalue weighted by Gasteiger charge is 2.19. The lowest BCUT2D eigenvalue weighted by Crippen LogP contribution is -2.04. The lowest BCUT2D eigenvalue weighted by Gasteiger charge is -2.05. The van der Waals surface area contributed by atoms with E-state index in [0.717, 1.165) is 0 Å². The number of rotatable bonds is 4. The predicted molar refractivity (Wildman–Crippen MR) is 50.7 cm³/mol. The molecule has 14 heavy (non-hydrogen) atoms. The van der Waals surface area contributed by atoms with Crippen molar-refractivity contribution in [1.29, 1.82) is 0 Å². The molecule has 1 aromatic rings. The Morgan fingerprint density at radius 1 is 1.57 bits per heavy atom. The van der Waals surface area contributed by atoms with E-state index < -0.39 is 4.92 Å². The summed E-state index contributed by atoms with van der Waals surface area (Å²) in [5.74, 6) is 0.0663. The zero-order valence-corrected chi connectivity index (χ0v) is 7.90. The topological polar surface area (TPSA) is 72.6 Å². The molecular weight excluding hydrogens is 210 g/mol. The molecule has 0 aliphatic carbocycles. The number of aliphatic hydroxyl groups is 1. The smallest absolute Gasteiger partial charge is 0.329 e. The van der Waals surface area contributed by atoms with Crippen molar-refractivity contribution in [3.05, 3.63) is 33.3 Å². The van der Waals surface area contributed by atoms with Gasteiger partial charge in [-0.1, -0.05) is 17.7 Å².